The maximum atomic E-state index is 12.7. The Hall–Kier alpha value is -2.58. The van der Waals surface area contributed by atoms with E-state index in [0.717, 1.165) is 18.5 Å². The summed E-state index contributed by atoms with van der Waals surface area (Å²) in [5, 5.41) is 29.4. The first-order valence-corrected chi connectivity index (χ1v) is 9.46. The second-order valence-corrected chi connectivity index (χ2v) is 7.70. The van der Waals surface area contributed by atoms with Crippen molar-refractivity contribution >= 4 is 22.6 Å². The molecule has 0 radical (unpaired) electrons. The molecular weight excluding hydrogens is 364 g/mol. The second-order valence-electron chi connectivity index (χ2n) is 7.70. The lowest BCUT2D eigenvalue weighted by molar-refractivity contribution is -0.0326. The first kappa shape index (κ1) is 18.8. The minimum Gasteiger partial charge on any atom is -0.492 e. The average Bonchev–Trinajstić information content (AvgIpc) is 3.53. The minimum atomic E-state index is -1.23. The fourth-order valence-electron chi connectivity index (χ4n) is 3.97. The smallest absolute Gasteiger partial charge is 0.341 e. The van der Waals surface area contributed by atoms with E-state index < -0.39 is 17.0 Å². The molecule has 4 rings (SSSR count). The molecule has 1 aliphatic heterocycles. The van der Waals surface area contributed by atoms with Crippen molar-refractivity contribution in [2.45, 2.75) is 37.3 Å². The predicted molar refractivity (Wildman–Crippen MR) is 103 cm³/mol. The minimum absolute atomic E-state index is 0.159. The van der Waals surface area contributed by atoms with E-state index in [1.165, 1.54) is 6.20 Å². The Labute approximate surface area is 161 Å². The standard InChI is InChI=1S/C20H24N2O6/c1-28-18-15(21-8-6-20(27,11-23)7-9-21)5-4-13-16(18)22(12-2-3-12)10-14(17(13)24)19(25)26/h4-5,10,12,23,27H,2-3,6-9,11H2,1H3,(H,25,26). The zero-order valence-corrected chi connectivity index (χ0v) is 15.7. The molecule has 0 unspecified atom stereocenters. The van der Waals surface area contributed by atoms with Crippen LogP contribution in [0.25, 0.3) is 10.9 Å². The molecule has 0 bridgehead atoms. The summed E-state index contributed by atoms with van der Waals surface area (Å²) >= 11 is 0. The monoisotopic (exact) mass is 388 g/mol. The molecule has 1 saturated heterocycles. The first-order valence-electron chi connectivity index (χ1n) is 9.46. The van der Waals surface area contributed by atoms with Gasteiger partial charge < -0.3 is 29.5 Å². The lowest BCUT2D eigenvalue weighted by Crippen LogP contribution is -2.46. The highest BCUT2D eigenvalue weighted by Crippen LogP contribution is 2.43. The fraction of sp³-hybridized carbons (Fsp3) is 0.500. The number of carbonyl (C=O) groups is 1. The van der Waals surface area contributed by atoms with Gasteiger partial charge >= 0.3 is 5.97 Å². The van der Waals surface area contributed by atoms with Gasteiger partial charge in [0.05, 0.1) is 35.9 Å². The number of pyridine rings is 1. The van der Waals surface area contributed by atoms with Gasteiger partial charge in [0.15, 0.2) is 5.75 Å². The molecule has 150 valence electrons. The van der Waals surface area contributed by atoms with E-state index in [1.54, 1.807) is 19.2 Å². The SMILES string of the molecule is COc1c(N2CCC(O)(CO)CC2)ccc2c(=O)c(C(=O)O)cn(C3CC3)c12. The number of anilines is 1. The Kier molecular flexibility index (Phi) is 4.55. The number of carboxylic acid groups (broad SMARTS) is 1. The van der Waals surface area contributed by atoms with Crippen LogP contribution in [0.4, 0.5) is 5.69 Å². The quantitative estimate of drug-likeness (QED) is 0.709. The molecule has 2 fully saturated rings. The number of aromatic nitrogens is 1. The summed E-state index contributed by atoms with van der Waals surface area (Å²) in [6.45, 7) is 0.814. The summed E-state index contributed by atoms with van der Waals surface area (Å²) in [6.07, 6.45) is 4.14. The van der Waals surface area contributed by atoms with Crippen molar-refractivity contribution in [1.29, 1.82) is 0 Å². The molecular formula is C20H24N2O6. The number of rotatable bonds is 5. The van der Waals surface area contributed by atoms with Crippen LogP contribution in [0.2, 0.25) is 0 Å². The van der Waals surface area contributed by atoms with E-state index in [0.29, 0.717) is 42.6 Å². The number of methoxy groups -OCH3 is 1. The molecule has 0 atom stereocenters. The van der Waals surface area contributed by atoms with Crippen LogP contribution in [0.5, 0.6) is 5.75 Å². The van der Waals surface area contributed by atoms with E-state index >= 15 is 0 Å². The van der Waals surface area contributed by atoms with Crippen molar-refractivity contribution in [2.24, 2.45) is 0 Å². The molecule has 1 saturated carbocycles. The number of aromatic carboxylic acids is 1. The molecule has 2 aliphatic rings. The number of nitrogens with zero attached hydrogens (tertiary/aromatic N) is 2. The summed E-state index contributed by atoms with van der Waals surface area (Å²) in [5.74, 6) is -0.698. The van der Waals surface area contributed by atoms with E-state index in [1.807, 2.05) is 4.57 Å². The van der Waals surface area contributed by atoms with Crippen molar-refractivity contribution in [3.8, 4) is 5.75 Å². The molecule has 0 spiro atoms. The first-order chi connectivity index (χ1) is 13.4. The van der Waals surface area contributed by atoms with Crippen LogP contribution in [-0.4, -0.2) is 58.3 Å². The summed E-state index contributed by atoms with van der Waals surface area (Å²) in [6, 6.07) is 3.59. The molecule has 2 aromatic rings. The lowest BCUT2D eigenvalue weighted by Gasteiger charge is -2.38. The van der Waals surface area contributed by atoms with Crippen LogP contribution in [0, 0.1) is 0 Å². The number of aliphatic hydroxyl groups is 2. The normalized spacial score (nSPS) is 19.0. The molecule has 2 heterocycles. The van der Waals surface area contributed by atoms with Crippen molar-refractivity contribution < 1.29 is 24.9 Å². The van der Waals surface area contributed by atoms with Crippen molar-refractivity contribution in [2.75, 3.05) is 31.7 Å². The van der Waals surface area contributed by atoms with Gasteiger partial charge in [-0.3, -0.25) is 4.79 Å². The summed E-state index contributed by atoms with van der Waals surface area (Å²) in [4.78, 5) is 26.3. The average molecular weight is 388 g/mol. The van der Waals surface area contributed by atoms with Crippen LogP contribution >= 0.6 is 0 Å². The number of piperidine rings is 1. The predicted octanol–water partition coefficient (Wildman–Crippen LogP) is 1.37. The zero-order chi connectivity index (χ0) is 20.1. The van der Waals surface area contributed by atoms with Crippen molar-refractivity contribution in [1.82, 2.24) is 4.57 Å². The molecule has 28 heavy (non-hydrogen) atoms. The number of benzene rings is 1. The highest BCUT2D eigenvalue weighted by Gasteiger charge is 2.34. The highest BCUT2D eigenvalue weighted by atomic mass is 16.5. The van der Waals surface area contributed by atoms with Gasteiger partial charge in [0.25, 0.3) is 0 Å². The topological polar surface area (TPSA) is 112 Å². The maximum absolute atomic E-state index is 12.7. The number of hydrogen-bond donors (Lipinski definition) is 3. The summed E-state index contributed by atoms with van der Waals surface area (Å²) in [5.41, 5.74) is -0.405. The molecule has 8 heteroatoms. The highest BCUT2D eigenvalue weighted by molar-refractivity contribution is 5.97. The van der Waals surface area contributed by atoms with Gasteiger partial charge in [-0.2, -0.15) is 0 Å². The fourth-order valence-corrected chi connectivity index (χ4v) is 3.97. The van der Waals surface area contributed by atoms with E-state index in [9.17, 15) is 24.9 Å². The molecule has 3 N–H and O–H groups in total. The van der Waals surface area contributed by atoms with Crippen molar-refractivity contribution in [3.63, 3.8) is 0 Å². The van der Waals surface area contributed by atoms with E-state index in [2.05, 4.69) is 4.90 Å². The zero-order valence-electron chi connectivity index (χ0n) is 15.7. The molecule has 1 aromatic carbocycles. The van der Waals surface area contributed by atoms with Gasteiger partial charge in [-0.25, -0.2) is 4.79 Å². The van der Waals surface area contributed by atoms with Gasteiger partial charge in [0.1, 0.15) is 5.56 Å². The number of hydrogen-bond acceptors (Lipinski definition) is 6. The third-order valence-corrected chi connectivity index (χ3v) is 5.83. The summed E-state index contributed by atoms with van der Waals surface area (Å²) in [7, 11) is 1.54. The number of aliphatic hydroxyl groups excluding tert-OH is 1. The Morgan fingerprint density at radius 2 is 1.96 bits per heavy atom. The Bertz CT molecular complexity index is 986. The van der Waals surface area contributed by atoms with Crippen LogP contribution in [0.15, 0.2) is 23.1 Å². The second kappa shape index (κ2) is 6.79. The Morgan fingerprint density at radius 1 is 1.29 bits per heavy atom. The lowest BCUT2D eigenvalue weighted by atomic mass is 9.92. The number of ether oxygens (including phenoxy) is 1. The van der Waals surface area contributed by atoms with Crippen LogP contribution in [-0.2, 0) is 0 Å². The third-order valence-electron chi connectivity index (χ3n) is 5.83. The van der Waals surface area contributed by atoms with Gasteiger partial charge in [-0.1, -0.05) is 0 Å². The van der Waals surface area contributed by atoms with Crippen LogP contribution in [0.3, 0.4) is 0 Å². The number of carboxylic acids is 1. The van der Waals surface area contributed by atoms with Crippen LogP contribution < -0.4 is 15.1 Å². The largest absolute Gasteiger partial charge is 0.492 e. The van der Waals surface area contributed by atoms with Gasteiger partial charge in [0.2, 0.25) is 5.43 Å². The van der Waals surface area contributed by atoms with Crippen molar-refractivity contribution in [3.05, 3.63) is 34.1 Å². The Balaban J connectivity index is 1.87. The van der Waals surface area contributed by atoms with Gasteiger partial charge in [-0.15, -0.1) is 0 Å². The van der Waals surface area contributed by atoms with Gasteiger partial charge in [-0.05, 0) is 37.8 Å². The third kappa shape index (κ3) is 3.02. The van der Waals surface area contributed by atoms with E-state index in [4.69, 9.17) is 4.74 Å². The van der Waals surface area contributed by atoms with E-state index in [-0.39, 0.29) is 18.2 Å². The van der Waals surface area contributed by atoms with Crippen LogP contribution in [0.1, 0.15) is 42.1 Å². The molecule has 8 nitrogen and oxygen atoms in total. The van der Waals surface area contributed by atoms with Gasteiger partial charge in [0, 0.05) is 25.3 Å². The molecule has 1 aliphatic carbocycles. The molecule has 0 amide bonds. The Morgan fingerprint density at radius 3 is 2.50 bits per heavy atom. The summed E-state index contributed by atoms with van der Waals surface area (Å²) < 4.78 is 7.56. The molecule has 1 aromatic heterocycles. The maximum Gasteiger partial charge on any atom is 0.341 e. The number of fused-ring (bicyclic) bond motifs is 1.